The Kier molecular flexibility index (Phi) is 4.99. The van der Waals surface area contributed by atoms with Crippen molar-refractivity contribution < 1.29 is 28.3 Å². The molecule has 0 atom stereocenters. The molecular weight excluding hydrogens is 324 g/mol. The van der Waals surface area contributed by atoms with Crippen molar-refractivity contribution in [2.45, 2.75) is 13.2 Å². The van der Waals surface area contributed by atoms with Gasteiger partial charge in [0.15, 0.2) is 0 Å². The van der Waals surface area contributed by atoms with Crippen molar-refractivity contribution in [1.29, 1.82) is 0 Å². The number of hydrogen-bond donors (Lipinski definition) is 2. The first kappa shape index (κ1) is 15.8. The second-order valence-electron chi connectivity index (χ2n) is 3.95. The number of rotatable bonds is 6. The zero-order chi connectivity index (χ0) is 16.1. The third-order valence-electron chi connectivity index (χ3n) is 2.60. The van der Waals surface area contributed by atoms with E-state index >= 15 is 0 Å². The van der Waals surface area contributed by atoms with Crippen molar-refractivity contribution in [3.05, 3.63) is 41.6 Å². The molecule has 0 unspecified atom stereocenters. The van der Waals surface area contributed by atoms with Gasteiger partial charge in [-0.15, -0.1) is 4.85 Å². The predicted molar refractivity (Wildman–Crippen MR) is 70.1 cm³/mol. The van der Waals surface area contributed by atoms with Crippen LogP contribution in [0.3, 0.4) is 0 Å². The highest BCUT2D eigenvalue weighted by molar-refractivity contribution is 6.24. The first-order valence-corrected chi connectivity index (χ1v) is 6.24. The smallest absolute Gasteiger partial charge is 0.387 e. The zero-order valence-electron chi connectivity index (χ0n) is 10.9. The summed E-state index contributed by atoms with van der Waals surface area (Å²) in [5, 5.41) is 12.6. The zero-order valence-corrected chi connectivity index (χ0v) is 11.6. The van der Waals surface area contributed by atoms with Crippen molar-refractivity contribution >= 4 is 17.7 Å². The van der Waals surface area contributed by atoms with Gasteiger partial charge in [-0.05, 0) is 12.1 Å². The largest absolute Gasteiger partial charge is 0.471 e. The average molecular weight is 334 g/mol. The lowest BCUT2D eigenvalue weighted by atomic mass is 10.1. The van der Waals surface area contributed by atoms with Gasteiger partial charge in [-0.25, -0.2) is 0 Å². The van der Waals surface area contributed by atoms with Crippen LogP contribution < -0.4 is 14.3 Å². The lowest BCUT2D eigenvalue weighted by Crippen LogP contribution is -2.17. The summed E-state index contributed by atoms with van der Waals surface area (Å²) in [5.41, 5.74) is 0.0741. The highest BCUT2D eigenvalue weighted by atomic mass is 35.5. The lowest BCUT2D eigenvalue weighted by molar-refractivity contribution is -0.0509. The number of aromatic nitrogens is 2. The number of ether oxygens (including phenoxy) is 2. The first-order chi connectivity index (χ1) is 10.5. The minimum Gasteiger partial charge on any atom is -0.471 e. The molecule has 0 saturated carbocycles. The SMILES string of the molecule is O=C(NCl)c1cccc(OC(F)F)c1COc1ccn(O)n1. The molecule has 0 aliphatic rings. The maximum absolute atomic E-state index is 12.4. The third kappa shape index (κ3) is 3.76. The molecule has 118 valence electrons. The van der Waals surface area contributed by atoms with Gasteiger partial charge < -0.3 is 14.7 Å². The molecule has 0 radical (unpaired) electrons. The van der Waals surface area contributed by atoms with Crippen molar-refractivity contribution in [1.82, 2.24) is 14.8 Å². The van der Waals surface area contributed by atoms with Crippen LogP contribution in [0.5, 0.6) is 11.6 Å². The number of nitrogens with zero attached hydrogens (tertiary/aromatic N) is 2. The van der Waals surface area contributed by atoms with Gasteiger partial charge in [0.05, 0.1) is 11.8 Å². The molecule has 2 rings (SSSR count). The molecule has 1 heterocycles. The van der Waals surface area contributed by atoms with Crippen LogP contribution in [-0.4, -0.2) is 27.7 Å². The van der Waals surface area contributed by atoms with Gasteiger partial charge in [-0.1, -0.05) is 11.2 Å². The van der Waals surface area contributed by atoms with Crippen LogP contribution in [-0.2, 0) is 6.61 Å². The number of benzene rings is 1. The minimum atomic E-state index is -3.07. The highest BCUT2D eigenvalue weighted by Crippen LogP contribution is 2.26. The van der Waals surface area contributed by atoms with Gasteiger partial charge in [-0.2, -0.15) is 8.78 Å². The number of carbonyl (C=O) groups is 1. The van der Waals surface area contributed by atoms with E-state index in [-0.39, 0.29) is 29.4 Å². The van der Waals surface area contributed by atoms with Crippen LogP contribution in [0.2, 0.25) is 0 Å². The Morgan fingerprint density at radius 2 is 2.23 bits per heavy atom. The molecule has 1 aromatic carbocycles. The van der Waals surface area contributed by atoms with Crippen LogP contribution >= 0.6 is 11.8 Å². The number of carbonyl (C=O) groups excluding carboxylic acids is 1. The van der Waals surface area contributed by atoms with E-state index in [1.807, 2.05) is 4.84 Å². The average Bonchev–Trinajstić information content (AvgIpc) is 2.90. The number of nitrogens with one attached hydrogen (secondary N) is 1. The molecule has 7 nitrogen and oxygen atoms in total. The first-order valence-electron chi connectivity index (χ1n) is 5.86. The van der Waals surface area contributed by atoms with E-state index in [0.717, 1.165) is 0 Å². The Morgan fingerprint density at radius 3 is 2.82 bits per heavy atom. The molecule has 0 spiro atoms. The molecule has 22 heavy (non-hydrogen) atoms. The number of alkyl halides is 2. The summed E-state index contributed by atoms with van der Waals surface area (Å²) in [6.07, 6.45) is 1.21. The molecule has 1 amide bonds. The van der Waals surface area contributed by atoms with E-state index in [2.05, 4.69) is 9.84 Å². The second-order valence-corrected chi connectivity index (χ2v) is 4.14. The van der Waals surface area contributed by atoms with E-state index < -0.39 is 12.5 Å². The van der Waals surface area contributed by atoms with E-state index in [0.29, 0.717) is 4.85 Å². The molecule has 10 heteroatoms. The maximum atomic E-state index is 12.4. The molecule has 0 fully saturated rings. The molecule has 0 bridgehead atoms. The molecule has 2 aromatic rings. The summed E-state index contributed by atoms with van der Waals surface area (Å²) in [6.45, 7) is -3.36. The summed E-state index contributed by atoms with van der Waals surface area (Å²) >= 11 is 5.26. The normalized spacial score (nSPS) is 10.5. The van der Waals surface area contributed by atoms with Crippen LogP contribution in [0, 0.1) is 0 Å². The van der Waals surface area contributed by atoms with Crippen LogP contribution in [0.1, 0.15) is 15.9 Å². The minimum absolute atomic E-state index is 0.0107. The Bertz CT molecular complexity index is 666. The van der Waals surface area contributed by atoms with Crippen LogP contribution in [0.15, 0.2) is 30.5 Å². The predicted octanol–water partition coefficient (Wildman–Crippen LogP) is 2.18. The van der Waals surface area contributed by atoms with Crippen molar-refractivity contribution in [3.8, 4) is 11.6 Å². The third-order valence-corrected chi connectivity index (χ3v) is 2.77. The lowest BCUT2D eigenvalue weighted by Gasteiger charge is -2.14. The van der Waals surface area contributed by atoms with Crippen LogP contribution in [0.25, 0.3) is 0 Å². The Labute approximate surface area is 128 Å². The molecular formula is C12H10ClF2N3O4. The molecule has 0 saturated heterocycles. The molecule has 1 aromatic heterocycles. The van der Waals surface area contributed by atoms with Gasteiger partial charge >= 0.3 is 6.61 Å². The maximum Gasteiger partial charge on any atom is 0.387 e. The van der Waals surface area contributed by atoms with E-state index in [4.69, 9.17) is 21.7 Å². The van der Waals surface area contributed by atoms with Gasteiger partial charge in [-0.3, -0.25) is 9.63 Å². The van der Waals surface area contributed by atoms with Crippen molar-refractivity contribution in [2.75, 3.05) is 0 Å². The Balaban J connectivity index is 2.29. The summed E-state index contributed by atoms with van der Waals surface area (Å²) in [4.78, 5) is 14.1. The monoisotopic (exact) mass is 333 g/mol. The number of halogens is 3. The standard InChI is InChI=1S/C12H10ClF2N3O4/c13-16-11(19)7-2-1-3-9(22-12(14)15)8(7)6-21-10-4-5-18(20)17-10/h1-5,12,20H,6H2,(H,16,19). The summed E-state index contributed by atoms with van der Waals surface area (Å²) in [6, 6.07) is 5.35. The quantitative estimate of drug-likeness (QED) is 0.625. The fourth-order valence-corrected chi connectivity index (χ4v) is 1.81. The fourth-order valence-electron chi connectivity index (χ4n) is 1.71. The summed E-state index contributed by atoms with van der Waals surface area (Å²) in [7, 11) is 0. The highest BCUT2D eigenvalue weighted by Gasteiger charge is 2.18. The van der Waals surface area contributed by atoms with E-state index in [9.17, 15) is 13.6 Å². The van der Waals surface area contributed by atoms with Gasteiger partial charge in [0.25, 0.3) is 5.91 Å². The number of hydrogen-bond acceptors (Lipinski definition) is 5. The molecule has 0 aliphatic heterocycles. The van der Waals surface area contributed by atoms with E-state index in [1.54, 1.807) is 0 Å². The Hall–Kier alpha value is -2.55. The summed E-state index contributed by atoms with van der Waals surface area (Å²) in [5.74, 6) is -0.893. The number of amides is 1. The van der Waals surface area contributed by atoms with Gasteiger partial charge in [0, 0.05) is 23.4 Å². The topological polar surface area (TPSA) is 85.6 Å². The second kappa shape index (κ2) is 6.94. The molecule has 2 N–H and O–H groups in total. The van der Waals surface area contributed by atoms with E-state index in [1.165, 1.54) is 30.5 Å². The fraction of sp³-hybridized carbons (Fsp3) is 0.167. The Morgan fingerprint density at radius 1 is 1.45 bits per heavy atom. The van der Waals surface area contributed by atoms with Crippen LogP contribution in [0.4, 0.5) is 8.78 Å². The van der Waals surface area contributed by atoms with Crippen molar-refractivity contribution in [2.24, 2.45) is 0 Å². The van der Waals surface area contributed by atoms with Gasteiger partial charge in [0.1, 0.15) is 12.4 Å². The van der Waals surface area contributed by atoms with Gasteiger partial charge in [0.2, 0.25) is 5.88 Å². The van der Waals surface area contributed by atoms with Crippen molar-refractivity contribution in [3.63, 3.8) is 0 Å². The molecule has 0 aliphatic carbocycles. The summed E-state index contributed by atoms with van der Waals surface area (Å²) < 4.78 is 34.5.